The van der Waals surface area contributed by atoms with Crippen LogP contribution >= 0.6 is 12.4 Å². The van der Waals surface area contributed by atoms with Crippen LogP contribution in [-0.4, -0.2) is 24.1 Å². The van der Waals surface area contributed by atoms with Gasteiger partial charge < -0.3 is 9.72 Å². The topological polar surface area (TPSA) is 54.1 Å². The molecule has 0 aliphatic carbocycles. The number of aromatic nitrogens is 1. The number of ether oxygens (including phenoxy) is 1. The van der Waals surface area contributed by atoms with Crippen LogP contribution < -0.4 is 5.32 Å². The number of rotatable bonds is 2. The van der Waals surface area contributed by atoms with Crippen LogP contribution in [0.2, 0.25) is 0 Å². The Labute approximate surface area is 146 Å². The largest absolute Gasteiger partial charge is 0.468 e. The number of fused-ring (bicyclic) bond motifs is 3. The lowest BCUT2D eigenvalue weighted by atomic mass is 9.90. The summed E-state index contributed by atoms with van der Waals surface area (Å²) in [5.41, 5.74) is 4.57. The number of hydrogen-bond donors (Lipinski definition) is 2. The monoisotopic (exact) mass is 342 g/mol. The third-order valence-corrected chi connectivity index (χ3v) is 4.53. The number of halogens is 1. The number of esters is 1. The molecule has 24 heavy (non-hydrogen) atoms. The minimum Gasteiger partial charge on any atom is -0.468 e. The molecule has 2 atom stereocenters. The third kappa shape index (κ3) is 2.68. The zero-order valence-corrected chi connectivity index (χ0v) is 14.1. The van der Waals surface area contributed by atoms with Crippen molar-refractivity contribution in [3.63, 3.8) is 0 Å². The van der Waals surface area contributed by atoms with E-state index >= 15 is 0 Å². The van der Waals surface area contributed by atoms with E-state index in [1.165, 1.54) is 18.1 Å². The van der Waals surface area contributed by atoms with E-state index in [-0.39, 0.29) is 30.5 Å². The van der Waals surface area contributed by atoms with Crippen molar-refractivity contribution in [2.75, 3.05) is 7.11 Å². The molecular weight excluding hydrogens is 324 g/mol. The molecular formula is C19H19ClN2O2. The minimum absolute atomic E-state index is 0. The fourth-order valence-electron chi connectivity index (χ4n) is 3.44. The zero-order valence-electron chi connectivity index (χ0n) is 13.3. The number of hydrogen-bond acceptors (Lipinski definition) is 3. The molecule has 1 aliphatic rings. The van der Waals surface area contributed by atoms with Crippen LogP contribution in [0.1, 0.15) is 22.9 Å². The first-order valence-electron chi connectivity index (χ1n) is 7.76. The van der Waals surface area contributed by atoms with Crippen molar-refractivity contribution in [2.45, 2.75) is 18.5 Å². The number of para-hydroxylation sites is 1. The van der Waals surface area contributed by atoms with Crippen LogP contribution in [0.15, 0.2) is 54.6 Å². The normalized spacial score (nSPS) is 19.4. The molecule has 0 radical (unpaired) electrons. The van der Waals surface area contributed by atoms with Gasteiger partial charge in [0, 0.05) is 23.0 Å². The molecule has 4 nitrogen and oxygen atoms in total. The van der Waals surface area contributed by atoms with Crippen molar-refractivity contribution in [1.29, 1.82) is 0 Å². The molecule has 2 N–H and O–H groups in total. The van der Waals surface area contributed by atoms with Gasteiger partial charge in [0.15, 0.2) is 0 Å². The molecule has 1 aromatic heterocycles. The maximum atomic E-state index is 12.1. The highest BCUT2D eigenvalue weighted by Crippen LogP contribution is 2.35. The van der Waals surface area contributed by atoms with Gasteiger partial charge in [0.25, 0.3) is 0 Å². The van der Waals surface area contributed by atoms with E-state index in [1.807, 2.05) is 30.3 Å². The van der Waals surface area contributed by atoms with Crippen LogP contribution in [0.5, 0.6) is 0 Å². The Bertz CT molecular complexity index is 860. The van der Waals surface area contributed by atoms with Gasteiger partial charge in [-0.3, -0.25) is 10.1 Å². The van der Waals surface area contributed by atoms with Gasteiger partial charge in [-0.05, 0) is 17.2 Å². The standard InChI is InChI=1S/C19H18N2O2.ClH/c1-23-19(22)16-11-14-13-9-5-6-10-15(13)20-18(14)17(21-16)12-7-3-2-4-8-12;/h2-10,16-17,20-21H,11H2,1H3;1H/t16-,17-;/m0./s1. The van der Waals surface area contributed by atoms with Gasteiger partial charge in [-0.2, -0.15) is 0 Å². The summed E-state index contributed by atoms with van der Waals surface area (Å²) in [6.45, 7) is 0. The molecule has 0 bridgehead atoms. The molecule has 3 aromatic rings. The van der Waals surface area contributed by atoms with Crippen molar-refractivity contribution in [2.24, 2.45) is 0 Å². The quantitative estimate of drug-likeness (QED) is 0.702. The van der Waals surface area contributed by atoms with E-state index in [0.29, 0.717) is 6.42 Å². The number of carbonyl (C=O) groups is 1. The number of aromatic amines is 1. The summed E-state index contributed by atoms with van der Waals surface area (Å²) in [7, 11) is 1.44. The minimum atomic E-state index is -0.336. The highest BCUT2D eigenvalue weighted by Gasteiger charge is 2.34. The fourth-order valence-corrected chi connectivity index (χ4v) is 3.44. The second-order valence-corrected chi connectivity index (χ2v) is 5.85. The molecule has 1 aliphatic heterocycles. The smallest absolute Gasteiger partial charge is 0.323 e. The summed E-state index contributed by atoms with van der Waals surface area (Å²) in [6.07, 6.45) is 0.634. The fraction of sp³-hybridized carbons (Fsp3) is 0.211. The van der Waals surface area contributed by atoms with Gasteiger partial charge in [0.1, 0.15) is 6.04 Å². The van der Waals surface area contributed by atoms with E-state index in [9.17, 15) is 4.79 Å². The molecule has 124 valence electrons. The van der Waals surface area contributed by atoms with E-state index in [1.54, 1.807) is 0 Å². The van der Waals surface area contributed by atoms with E-state index in [2.05, 4.69) is 34.6 Å². The van der Waals surface area contributed by atoms with Crippen molar-refractivity contribution in [3.05, 3.63) is 71.4 Å². The number of nitrogens with one attached hydrogen (secondary N) is 2. The van der Waals surface area contributed by atoms with E-state index in [4.69, 9.17) is 4.74 Å². The molecule has 2 heterocycles. The van der Waals surface area contributed by atoms with E-state index < -0.39 is 0 Å². The Hall–Kier alpha value is -2.30. The summed E-state index contributed by atoms with van der Waals surface area (Å²) in [5.74, 6) is -0.220. The van der Waals surface area contributed by atoms with Gasteiger partial charge >= 0.3 is 5.97 Å². The van der Waals surface area contributed by atoms with E-state index in [0.717, 1.165) is 16.8 Å². The Morgan fingerprint density at radius 2 is 1.79 bits per heavy atom. The molecule has 0 unspecified atom stereocenters. The van der Waals surface area contributed by atoms with Crippen molar-refractivity contribution >= 4 is 29.3 Å². The van der Waals surface area contributed by atoms with Gasteiger partial charge in [0.2, 0.25) is 0 Å². The second kappa shape index (κ2) is 6.67. The van der Waals surface area contributed by atoms with Gasteiger partial charge in [0.05, 0.1) is 13.2 Å². The predicted molar refractivity (Wildman–Crippen MR) is 96.5 cm³/mol. The molecule has 5 heteroatoms. The third-order valence-electron chi connectivity index (χ3n) is 4.53. The van der Waals surface area contributed by atoms with Crippen molar-refractivity contribution in [1.82, 2.24) is 10.3 Å². The average molecular weight is 343 g/mol. The molecule has 0 saturated carbocycles. The lowest BCUT2D eigenvalue weighted by Gasteiger charge is -2.30. The lowest BCUT2D eigenvalue weighted by Crippen LogP contribution is -2.45. The zero-order chi connectivity index (χ0) is 15.8. The Balaban J connectivity index is 0.00000169. The Morgan fingerprint density at radius 1 is 1.08 bits per heavy atom. The Kier molecular flexibility index (Phi) is 4.60. The number of H-pyrrole nitrogens is 1. The first-order chi connectivity index (χ1) is 11.3. The summed E-state index contributed by atoms with van der Waals surface area (Å²) in [4.78, 5) is 15.6. The molecule has 0 amide bonds. The average Bonchev–Trinajstić information content (AvgIpc) is 2.99. The maximum Gasteiger partial charge on any atom is 0.323 e. The summed E-state index contributed by atoms with van der Waals surface area (Å²) in [6, 6.07) is 18.0. The molecule has 0 fully saturated rings. The van der Waals surface area contributed by atoms with Crippen LogP contribution in [0.3, 0.4) is 0 Å². The molecule has 0 spiro atoms. The predicted octanol–water partition coefficient (Wildman–Crippen LogP) is 3.37. The second-order valence-electron chi connectivity index (χ2n) is 5.85. The summed E-state index contributed by atoms with van der Waals surface area (Å²) in [5, 5.41) is 4.61. The highest BCUT2D eigenvalue weighted by molar-refractivity contribution is 5.87. The molecule has 0 saturated heterocycles. The number of benzene rings is 2. The molecule has 4 rings (SSSR count). The van der Waals surface area contributed by atoms with Crippen molar-refractivity contribution in [3.8, 4) is 0 Å². The first kappa shape index (κ1) is 16.6. The SMILES string of the molecule is COC(=O)[C@@H]1Cc2c([nH]c3ccccc23)[C@H](c2ccccc2)N1.Cl. The Morgan fingerprint density at radius 3 is 2.54 bits per heavy atom. The van der Waals surface area contributed by atoms with Gasteiger partial charge in [-0.15, -0.1) is 12.4 Å². The van der Waals surface area contributed by atoms with Crippen LogP contribution in [0.25, 0.3) is 10.9 Å². The first-order valence-corrected chi connectivity index (χ1v) is 7.76. The van der Waals surface area contributed by atoms with Gasteiger partial charge in [-0.25, -0.2) is 0 Å². The van der Waals surface area contributed by atoms with Gasteiger partial charge in [-0.1, -0.05) is 48.5 Å². The number of carbonyl (C=O) groups excluding carboxylic acids is 1. The molecule has 2 aromatic carbocycles. The number of methoxy groups -OCH3 is 1. The highest BCUT2D eigenvalue weighted by atomic mass is 35.5. The summed E-state index contributed by atoms with van der Waals surface area (Å²) < 4.78 is 4.97. The lowest BCUT2D eigenvalue weighted by molar-refractivity contribution is -0.143. The van der Waals surface area contributed by atoms with Crippen LogP contribution in [0, 0.1) is 0 Å². The van der Waals surface area contributed by atoms with Crippen LogP contribution in [-0.2, 0) is 16.0 Å². The summed E-state index contributed by atoms with van der Waals surface area (Å²) >= 11 is 0. The van der Waals surface area contributed by atoms with Crippen LogP contribution in [0.4, 0.5) is 0 Å². The van der Waals surface area contributed by atoms with Crippen molar-refractivity contribution < 1.29 is 9.53 Å². The maximum absolute atomic E-state index is 12.1.